The molecule has 0 aliphatic rings. The van der Waals surface area contributed by atoms with E-state index in [9.17, 15) is 4.79 Å². The summed E-state index contributed by atoms with van der Waals surface area (Å²) in [5.74, 6) is 2.10. The molecule has 3 aromatic rings. The molecule has 0 aliphatic carbocycles. The molecule has 9 heteroatoms. The summed E-state index contributed by atoms with van der Waals surface area (Å²) in [5, 5.41) is 9.34. The van der Waals surface area contributed by atoms with E-state index in [0.29, 0.717) is 34.6 Å². The minimum atomic E-state index is -0.379. The molecule has 134 valence electrons. The van der Waals surface area contributed by atoms with Gasteiger partial charge in [0.15, 0.2) is 17.3 Å². The van der Waals surface area contributed by atoms with Crippen LogP contribution in [0.5, 0.6) is 11.5 Å². The normalized spacial score (nSPS) is 10.3. The second-order valence-electron chi connectivity index (χ2n) is 5.27. The average Bonchev–Trinajstić information content (AvgIpc) is 3.06. The number of hydrogen-bond donors (Lipinski definition) is 2. The van der Waals surface area contributed by atoms with E-state index in [1.165, 1.54) is 12.4 Å². The molecule has 3 rings (SSSR count). The highest BCUT2D eigenvalue weighted by Crippen LogP contribution is 2.30. The van der Waals surface area contributed by atoms with Crippen molar-refractivity contribution in [3.63, 3.8) is 0 Å². The van der Waals surface area contributed by atoms with Crippen LogP contribution in [-0.2, 0) is 0 Å². The topological polar surface area (TPSA) is 111 Å². The number of aromatic nitrogens is 3. The molecule has 0 atom stereocenters. The van der Waals surface area contributed by atoms with Crippen LogP contribution in [0, 0.1) is 6.92 Å². The van der Waals surface area contributed by atoms with Crippen LogP contribution in [0.2, 0.25) is 0 Å². The zero-order valence-corrected chi connectivity index (χ0v) is 14.4. The first kappa shape index (κ1) is 17.2. The number of anilines is 3. The number of benzene rings is 1. The van der Waals surface area contributed by atoms with Crippen LogP contribution >= 0.6 is 0 Å². The van der Waals surface area contributed by atoms with Crippen LogP contribution in [-0.4, -0.2) is 35.3 Å². The van der Waals surface area contributed by atoms with E-state index >= 15 is 0 Å². The standard InChI is InChI=1S/C17H17N5O4/c1-10-6-15(22-26-10)21-16(23)11-8-18-17(19-9-11)20-12-4-5-13(24-2)14(7-12)25-3/h4-9H,1-3H3,(H,18,19,20)(H,21,22,23). The number of ether oxygens (including phenoxy) is 2. The zero-order chi connectivity index (χ0) is 18.5. The predicted octanol–water partition coefficient (Wildman–Crippen LogP) is 2.79. The van der Waals surface area contributed by atoms with Gasteiger partial charge in [-0.05, 0) is 19.1 Å². The van der Waals surface area contributed by atoms with Crippen molar-refractivity contribution in [2.45, 2.75) is 6.92 Å². The molecule has 2 N–H and O–H groups in total. The Kier molecular flexibility index (Phi) is 4.97. The molecule has 0 unspecified atom stereocenters. The van der Waals surface area contributed by atoms with E-state index in [-0.39, 0.29) is 5.91 Å². The van der Waals surface area contributed by atoms with Crippen LogP contribution in [0.4, 0.5) is 17.5 Å². The van der Waals surface area contributed by atoms with Crippen molar-refractivity contribution in [3.05, 3.63) is 48.0 Å². The summed E-state index contributed by atoms with van der Waals surface area (Å²) < 4.78 is 15.3. The molecule has 0 bridgehead atoms. The number of amides is 1. The van der Waals surface area contributed by atoms with Crippen molar-refractivity contribution >= 4 is 23.4 Å². The second kappa shape index (κ2) is 7.51. The molecule has 0 saturated heterocycles. The number of carbonyl (C=O) groups is 1. The maximum atomic E-state index is 12.1. The molecule has 0 radical (unpaired) electrons. The Hall–Kier alpha value is -3.62. The van der Waals surface area contributed by atoms with Gasteiger partial charge >= 0.3 is 0 Å². The maximum absolute atomic E-state index is 12.1. The van der Waals surface area contributed by atoms with Gasteiger partial charge in [-0.1, -0.05) is 5.16 Å². The lowest BCUT2D eigenvalue weighted by molar-refractivity contribution is 0.102. The van der Waals surface area contributed by atoms with E-state index in [0.717, 1.165) is 5.69 Å². The minimum absolute atomic E-state index is 0.295. The number of carbonyl (C=O) groups excluding carboxylic acids is 1. The Bertz CT molecular complexity index is 908. The van der Waals surface area contributed by atoms with Crippen molar-refractivity contribution in [2.75, 3.05) is 24.9 Å². The van der Waals surface area contributed by atoms with Gasteiger partial charge in [-0.15, -0.1) is 0 Å². The van der Waals surface area contributed by atoms with E-state index in [2.05, 4.69) is 25.8 Å². The number of hydrogen-bond acceptors (Lipinski definition) is 8. The van der Waals surface area contributed by atoms with Gasteiger partial charge in [-0.25, -0.2) is 9.97 Å². The smallest absolute Gasteiger partial charge is 0.260 e. The second-order valence-corrected chi connectivity index (χ2v) is 5.27. The van der Waals surface area contributed by atoms with Crippen LogP contribution in [0.25, 0.3) is 0 Å². The number of rotatable bonds is 6. The summed E-state index contributed by atoms with van der Waals surface area (Å²) in [5.41, 5.74) is 1.02. The van der Waals surface area contributed by atoms with Gasteiger partial charge in [-0.2, -0.15) is 0 Å². The van der Waals surface area contributed by atoms with Crippen molar-refractivity contribution in [3.8, 4) is 11.5 Å². The molecule has 1 amide bonds. The molecule has 0 aliphatic heterocycles. The van der Waals surface area contributed by atoms with Gasteiger partial charge in [0, 0.05) is 30.2 Å². The SMILES string of the molecule is COc1ccc(Nc2ncc(C(=O)Nc3cc(C)on3)cn2)cc1OC. The molecule has 0 fully saturated rings. The highest BCUT2D eigenvalue weighted by atomic mass is 16.5. The molecule has 0 spiro atoms. The maximum Gasteiger partial charge on any atom is 0.260 e. The van der Waals surface area contributed by atoms with Crippen LogP contribution < -0.4 is 20.1 Å². The number of nitrogens with one attached hydrogen (secondary N) is 2. The lowest BCUT2D eigenvalue weighted by Gasteiger charge is -2.10. The molecule has 2 aromatic heterocycles. The summed E-state index contributed by atoms with van der Waals surface area (Å²) in [6.45, 7) is 1.74. The lowest BCUT2D eigenvalue weighted by Crippen LogP contribution is -2.13. The zero-order valence-electron chi connectivity index (χ0n) is 14.4. The molecule has 0 saturated carbocycles. The molecule has 26 heavy (non-hydrogen) atoms. The van der Waals surface area contributed by atoms with Gasteiger partial charge in [-0.3, -0.25) is 4.79 Å². The highest BCUT2D eigenvalue weighted by molar-refractivity contribution is 6.03. The first-order chi connectivity index (χ1) is 12.6. The van der Waals surface area contributed by atoms with Gasteiger partial charge in [0.25, 0.3) is 5.91 Å². The number of nitrogens with zero attached hydrogens (tertiary/aromatic N) is 3. The van der Waals surface area contributed by atoms with Crippen molar-refractivity contribution in [1.82, 2.24) is 15.1 Å². The number of aryl methyl sites for hydroxylation is 1. The fourth-order valence-corrected chi connectivity index (χ4v) is 2.17. The molecular formula is C17H17N5O4. The third kappa shape index (κ3) is 3.89. The van der Waals surface area contributed by atoms with E-state index in [1.807, 2.05) is 0 Å². The molecule has 1 aromatic carbocycles. The average molecular weight is 355 g/mol. The monoisotopic (exact) mass is 355 g/mol. The summed E-state index contributed by atoms with van der Waals surface area (Å²) in [7, 11) is 3.13. The third-order valence-electron chi connectivity index (χ3n) is 3.42. The Morgan fingerprint density at radius 3 is 2.42 bits per heavy atom. The predicted molar refractivity (Wildman–Crippen MR) is 94.1 cm³/mol. The highest BCUT2D eigenvalue weighted by Gasteiger charge is 2.11. The van der Waals surface area contributed by atoms with Crippen molar-refractivity contribution in [2.24, 2.45) is 0 Å². The fraction of sp³-hybridized carbons (Fsp3) is 0.176. The Labute approximate surface area is 149 Å². The van der Waals surface area contributed by atoms with Crippen LogP contribution in [0.3, 0.4) is 0 Å². The Morgan fingerprint density at radius 2 is 1.81 bits per heavy atom. The fourth-order valence-electron chi connectivity index (χ4n) is 2.17. The largest absolute Gasteiger partial charge is 0.493 e. The van der Waals surface area contributed by atoms with Gasteiger partial charge < -0.3 is 24.6 Å². The van der Waals surface area contributed by atoms with Crippen molar-refractivity contribution < 1.29 is 18.8 Å². The summed E-state index contributed by atoms with van der Waals surface area (Å²) >= 11 is 0. The first-order valence-corrected chi connectivity index (χ1v) is 7.65. The first-order valence-electron chi connectivity index (χ1n) is 7.65. The Morgan fingerprint density at radius 1 is 1.08 bits per heavy atom. The summed E-state index contributed by atoms with van der Waals surface area (Å²) in [4.78, 5) is 20.4. The van der Waals surface area contributed by atoms with Gasteiger partial charge in [0.05, 0.1) is 19.8 Å². The lowest BCUT2D eigenvalue weighted by atomic mass is 10.2. The van der Waals surface area contributed by atoms with Crippen LogP contribution in [0.15, 0.2) is 41.2 Å². The van der Waals surface area contributed by atoms with Crippen LogP contribution in [0.1, 0.15) is 16.1 Å². The molecule has 2 heterocycles. The quantitative estimate of drug-likeness (QED) is 0.694. The van der Waals surface area contributed by atoms with Gasteiger partial charge in [0.1, 0.15) is 5.76 Å². The third-order valence-corrected chi connectivity index (χ3v) is 3.42. The minimum Gasteiger partial charge on any atom is -0.493 e. The van der Waals surface area contributed by atoms with E-state index in [1.54, 1.807) is 45.4 Å². The molecule has 9 nitrogen and oxygen atoms in total. The number of methoxy groups -OCH3 is 2. The van der Waals surface area contributed by atoms with Gasteiger partial charge in [0.2, 0.25) is 5.95 Å². The van der Waals surface area contributed by atoms with E-state index in [4.69, 9.17) is 14.0 Å². The molecular weight excluding hydrogens is 338 g/mol. The summed E-state index contributed by atoms with van der Waals surface area (Å²) in [6, 6.07) is 6.95. The summed E-state index contributed by atoms with van der Waals surface area (Å²) in [6.07, 6.45) is 2.83. The van der Waals surface area contributed by atoms with E-state index < -0.39 is 0 Å². The van der Waals surface area contributed by atoms with Crippen molar-refractivity contribution in [1.29, 1.82) is 0 Å². The Balaban J connectivity index is 1.68.